The molecule has 0 amide bonds. The molecule has 1 heterocycles. The second kappa shape index (κ2) is 6.11. The molecule has 5 fully saturated rings. The van der Waals surface area contributed by atoms with Crippen LogP contribution in [0, 0.1) is 17.8 Å². The van der Waals surface area contributed by atoms with Gasteiger partial charge >= 0.3 is 5.97 Å². The standard InChI is InChI=1S/C20H32N2O2S/c1-19(2,3)24-17(23)16-5-4-6-22(16)18(25)21-20-10-13-7-14(11-20)9-15(8-13)12-20/h13-16H,4-12H2,1-3H3,(H,21,25). The minimum Gasteiger partial charge on any atom is -0.458 e. The molecule has 25 heavy (non-hydrogen) atoms. The molecule has 0 spiro atoms. The van der Waals surface area contributed by atoms with E-state index >= 15 is 0 Å². The summed E-state index contributed by atoms with van der Waals surface area (Å²) in [7, 11) is 0. The Morgan fingerprint density at radius 3 is 2.20 bits per heavy atom. The number of carbonyl (C=O) groups is 1. The Kier molecular flexibility index (Phi) is 4.29. The third-order valence-electron chi connectivity index (χ3n) is 6.60. The number of nitrogens with zero attached hydrogens (tertiary/aromatic N) is 1. The maximum Gasteiger partial charge on any atom is 0.329 e. The molecule has 0 aromatic heterocycles. The molecule has 4 bridgehead atoms. The molecule has 140 valence electrons. The molecule has 1 N–H and O–H groups in total. The average molecular weight is 365 g/mol. The summed E-state index contributed by atoms with van der Waals surface area (Å²) in [5, 5.41) is 4.55. The summed E-state index contributed by atoms with van der Waals surface area (Å²) < 4.78 is 5.63. The summed E-state index contributed by atoms with van der Waals surface area (Å²) in [5.74, 6) is 2.55. The molecule has 1 aliphatic heterocycles. The van der Waals surface area contributed by atoms with Crippen LogP contribution in [0.15, 0.2) is 0 Å². The molecule has 1 unspecified atom stereocenters. The van der Waals surface area contributed by atoms with Crippen LogP contribution >= 0.6 is 12.2 Å². The molecule has 5 aliphatic rings. The smallest absolute Gasteiger partial charge is 0.329 e. The molecule has 4 aliphatic carbocycles. The van der Waals surface area contributed by atoms with Crippen molar-refractivity contribution in [1.29, 1.82) is 0 Å². The number of esters is 1. The van der Waals surface area contributed by atoms with Gasteiger partial charge in [0.15, 0.2) is 5.11 Å². The summed E-state index contributed by atoms with van der Waals surface area (Å²) in [6.45, 7) is 6.64. The van der Waals surface area contributed by atoms with E-state index in [0.717, 1.165) is 42.3 Å². The van der Waals surface area contributed by atoms with Crippen molar-refractivity contribution in [1.82, 2.24) is 10.2 Å². The van der Waals surface area contributed by atoms with Crippen LogP contribution in [-0.2, 0) is 9.53 Å². The van der Waals surface area contributed by atoms with E-state index < -0.39 is 5.60 Å². The highest BCUT2D eigenvalue weighted by molar-refractivity contribution is 7.80. The molecule has 0 radical (unpaired) electrons. The Morgan fingerprint density at radius 2 is 1.68 bits per heavy atom. The van der Waals surface area contributed by atoms with Gasteiger partial charge in [-0.3, -0.25) is 0 Å². The van der Waals surface area contributed by atoms with Crippen molar-refractivity contribution in [3.8, 4) is 0 Å². The monoisotopic (exact) mass is 364 g/mol. The van der Waals surface area contributed by atoms with E-state index in [1.54, 1.807) is 0 Å². The lowest BCUT2D eigenvalue weighted by Crippen LogP contribution is -2.62. The largest absolute Gasteiger partial charge is 0.458 e. The summed E-state index contributed by atoms with van der Waals surface area (Å²) >= 11 is 5.79. The SMILES string of the molecule is CC(C)(C)OC(=O)C1CCCN1C(=S)NC12CC3CC(CC(C3)C1)C2. The molecular formula is C20H32N2O2S. The lowest BCUT2D eigenvalue weighted by atomic mass is 9.53. The molecule has 0 aromatic carbocycles. The van der Waals surface area contributed by atoms with E-state index in [1.807, 2.05) is 20.8 Å². The fourth-order valence-electron chi connectivity index (χ4n) is 6.19. The van der Waals surface area contributed by atoms with Crippen LogP contribution in [0.5, 0.6) is 0 Å². The topological polar surface area (TPSA) is 41.6 Å². The highest BCUT2D eigenvalue weighted by atomic mass is 32.1. The van der Waals surface area contributed by atoms with Gasteiger partial charge in [-0.15, -0.1) is 0 Å². The molecule has 4 saturated carbocycles. The van der Waals surface area contributed by atoms with E-state index in [-0.39, 0.29) is 17.6 Å². The second-order valence-corrected chi connectivity index (χ2v) is 10.4. The van der Waals surface area contributed by atoms with Crippen LogP contribution < -0.4 is 5.32 Å². The number of carbonyl (C=O) groups excluding carboxylic acids is 1. The van der Waals surface area contributed by atoms with E-state index in [1.165, 1.54) is 38.5 Å². The molecule has 4 nitrogen and oxygen atoms in total. The summed E-state index contributed by atoms with van der Waals surface area (Å²) in [6.07, 6.45) is 9.94. The van der Waals surface area contributed by atoms with Crippen molar-refractivity contribution in [2.75, 3.05) is 6.54 Å². The van der Waals surface area contributed by atoms with Gasteiger partial charge in [0.05, 0.1) is 0 Å². The second-order valence-electron chi connectivity index (χ2n) is 10.0. The van der Waals surface area contributed by atoms with Crippen molar-refractivity contribution in [2.24, 2.45) is 17.8 Å². The van der Waals surface area contributed by atoms with Crippen molar-refractivity contribution in [2.45, 2.75) is 89.3 Å². The number of ether oxygens (including phenoxy) is 1. The zero-order chi connectivity index (χ0) is 17.8. The molecule has 5 heteroatoms. The van der Waals surface area contributed by atoms with Crippen LogP contribution in [-0.4, -0.2) is 39.7 Å². The Hall–Kier alpha value is -0.840. The number of hydrogen-bond donors (Lipinski definition) is 1. The van der Waals surface area contributed by atoms with Crippen molar-refractivity contribution < 1.29 is 9.53 Å². The molecule has 0 aromatic rings. The van der Waals surface area contributed by atoms with Gasteiger partial charge in [-0.1, -0.05) is 0 Å². The maximum absolute atomic E-state index is 12.6. The Morgan fingerprint density at radius 1 is 1.12 bits per heavy atom. The van der Waals surface area contributed by atoms with E-state index in [0.29, 0.717) is 0 Å². The van der Waals surface area contributed by atoms with Crippen LogP contribution in [0.4, 0.5) is 0 Å². The quantitative estimate of drug-likeness (QED) is 0.598. The van der Waals surface area contributed by atoms with Crippen LogP contribution in [0.2, 0.25) is 0 Å². The van der Waals surface area contributed by atoms with Gasteiger partial charge in [0.2, 0.25) is 0 Å². The minimum atomic E-state index is -0.444. The first-order valence-corrected chi connectivity index (χ1v) is 10.5. The van der Waals surface area contributed by atoms with Crippen LogP contribution in [0.25, 0.3) is 0 Å². The highest BCUT2D eigenvalue weighted by Gasteiger charge is 2.51. The fraction of sp³-hybridized carbons (Fsp3) is 0.900. The summed E-state index contributed by atoms with van der Waals surface area (Å²) in [6, 6.07) is -0.215. The Labute approximate surface area is 157 Å². The first-order valence-electron chi connectivity index (χ1n) is 10.0. The van der Waals surface area contributed by atoms with Gasteiger partial charge in [-0.05, 0) is 102 Å². The number of hydrogen-bond acceptors (Lipinski definition) is 3. The summed E-state index contributed by atoms with van der Waals surface area (Å²) in [5.41, 5.74) is -0.243. The molecule has 5 rings (SSSR count). The molecule has 1 saturated heterocycles. The number of rotatable bonds is 2. The van der Waals surface area contributed by atoms with E-state index in [9.17, 15) is 4.79 Å². The molecular weight excluding hydrogens is 332 g/mol. The third kappa shape index (κ3) is 3.54. The predicted molar refractivity (Wildman–Crippen MR) is 102 cm³/mol. The van der Waals surface area contributed by atoms with Crippen molar-refractivity contribution >= 4 is 23.3 Å². The van der Waals surface area contributed by atoms with Crippen molar-refractivity contribution in [3.05, 3.63) is 0 Å². The number of likely N-dealkylation sites (tertiary alicyclic amines) is 1. The first-order chi connectivity index (χ1) is 11.7. The minimum absolute atomic E-state index is 0.125. The van der Waals surface area contributed by atoms with Gasteiger partial charge in [-0.25, -0.2) is 4.79 Å². The predicted octanol–water partition coefficient (Wildman–Crippen LogP) is 3.64. The zero-order valence-electron chi connectivity index (χ0n) is 15.8. The lowest BCUT2D eigenvalue weighted by molar-refractivity contribution is -0.159. The lowest BCUT2D eigenvalue weighted by Gasteiger charge is -2.57. The van der Waals surface area contributed by atoms with Crippen molar-refractivity contribution in [3.63, 3.8) is 0 Å². The van der Waals surface area contributed by atoms with Crippen LogP contribution in [0.1, 0.15) is 72.1 Å². The van der Waals surface area contributed by atoms with Gasteiger partial charge in [0.25, 0.3) is 0 Å². The fourth-order valence-corrected chi connectivity index (χ4v) is 6.62. The van der Waals surface area contributed by atoms with Crippen LogP contribution in [0.3, 0.4) is 0 Å². The maximum atomic E-state index is 12.6. The zero-order valence-corrected chi connectivity index (χ0v) is 16.7. The number of nitrogens with one attached hydrogen (secondary N) is 1. The first kappa shape index (κ1) is 17.6. The van der Waals surface area contributed by atoms with Gasteiger partial charge in [0.1, 0.15) is 11.6 Å². The summed E-state index contributed by atoms with van der Waals surface area (Å²) in [4.78, 5) is 14.7. The average Bonchev–Trinajstić information content (AvgIpc) is 2.92. The van der Waals surface area contributed by atoms with Gasteiger partial charge in [-0.2, -0.15) is 0 Å². The number of thiocarbonyl (C=S) groups is 1. The van der Waals surface area contributed by atoms with Gasteiger partial charge < -0.3 is 15.0 Å². The normalized spacial score (nSPS) is 39.6. The highest BCUT2D eigenvalue weighted by Crippen LogP contribution is 2.55. The van der Waals surface area contributed by atoms with Gasteiger partial charge in [0, 0.05) is 12.1 Å². The Bertz CT molecular complexity index is 533. The Balaban J connectivity index is 1.43. The molecule has 1 atom stereocenters. The van der Waals surface area contributed by atoms with E-state index in [2.05, 4.69) is 10.2 Å². The van der Waals surface area contributed by atoms with E-state index in [4.69, 9.17) is 17.0 Å². The third-order valence-corrected chi connectivity index (χ3v) is 6.94.